The lowest BCUT2D eigenvalue weighted by atomic mass is 10.2. The van der Waals surface area contributed by atoms with Gasteiger partial charge in [-0.3, -0.25) is 0 Å². The van der Waals surface area contributed by atoms with Crippen molar-refractivity contribution in [2.45, 2.75) is 18.9 Å². The second-order valence-corrected chi connectivity index (χ2v) is 4.97. The minimum Gasteiger partial charge on any atom is -0.337 e. The van der Waals surface area contributed by atoms with Crippen LogP contribution >= 0.6 is 0 Å². The van der Waals surface area contributed by atoms with Crippen molar-refractivity contribution in [1.82, 2.24) is 14.8 Å². The smallest absolute Gasteiger partial charge is 0.125 e. The molecule has 2 aromatic heterocycles. The van der Waals surface area contributed by atoms with Crippen LogP contribution in [0.15, 0.2) is 42.7 Å². The molecule has 0 saturated heterocycles. The normalized spacial score (nSPS) is 15.0. The van der Waals surface area contributed by atoms with Crippen molar-refractivity contribution in [1.29, 1.82) is 0 Å². The number of nitrogens with zero attached hydrogens (tertiary/aromatic N) is 3. The number of aromatic nitrogens is 3. The summed E-state index contributed by atoms with van der Waals surface area (Å²) in [5, 5.41) is 8.81. The van der Waals surface area contributed by atoms with E-state index in [0.717, 1.165) is 35.0 Å². The Morgan fingerprint density at radius 1 is 1.11 bits per heavy atom. The van der Waals surface area contributed by atoms with E-state index in [1.165, 1.54) is 6.07 Å². The van der Waals surface area contributed by atoms with Gasteiger partial charge in [0, 0.05) is 17.0 Å². The van der Waals surface area contributed by atoms with E-state index in [-0.39, 0.29) is 5.82 Å². The topological polar surface area (TPSA) is 30.7 Å². The Balaban J connectivity index is 2.02. The number of benzene rings is 1. The van der Waals surface area contributed by atoms with E-state index in [1.807, 2.05) is 12.1 Å². The molecule has 2 heterocycles. The van der Waals surface area contributed by atoms with E-state index in [0.29, 0.717) is 6.04 Å². The molecule has 0 spiro atoms. The molecule has 0 unspecified atom stereocenters. The zero-order chi connectivity index (χ0) is 12.8. The molecule has 19 heavy (non-hydrogen) atoms. The molecule has 0 atom stereocenters. The summed E-state index contributed by atoms with van der Waals surface area (Å²) in [7, 11) is 0. The summed E-state index contributed by atoms with van der Waals surface area (Å²) in [6, 6.07) is 9.49. The maximum Gasteiger partial charge on any atom is 0.125 e. The second-order valence-electron chi connectivity index (χ2n) is 4.97. The predicted octanol–water partition coefficient (Wildman–Crippen LogP) is 3.57. The first-order chi connectivity index (χ1) is 9.33. The Bertz CT molecular complexity index is 745. The second kappa shape index (κ2) is 3.88. The molecule has 1 fully saturated rings. The van der Waals surface area contributed by atoms with Crippen LogP contribution in [0.4, 0.5) is 4.39 Å². The minimum absolute atomic E-state index is 0.188. The van der Waals surface area contributed by atoms with Crippen molar-refractivity contribution < 1.29 is 4.39 Å². The molecule has 3 aromatic rings. The van der Waals surface area contributed by atoms with Crippen LogP contribution in [-0.2, 0) is 0 Å². The number of fused-ring (bicyclic) bond motifs is 1. The highest BCUT2D eigenvalue weighted by Gasteiger charge is 2.27. The molecule has 94 valence electrons. The van der Waals surface area contributed by atoms with Gasteiger partial charge >= 0.3 is 0 Å². The fourth-order valence-corrected chi connectivity index (χ4v) is 2.58. The minimum atomic E-state index is -0.188. The molecule has 3 nitrogen and oxygen atoms in total. The van der Waals surface area contributed by atoms with E-state index >= 15 is 0 Å². The molecule has 1 aliphatic rings. The van der Waals surface area contributed by atoms with Crippen molar-refractivity contribution in [3.63, 3.8) is 0 Å². The van der Waals surface area contributed by atoms with Gasteiger partial charge in [-0.15, -0.1) is 0 Å². The fourth-order valence-electron chi connectivity index (χ4n) is 2.58. The molecule has 1 aromatic carbocycles. The maximum absolute atomic E-state index is 13.5. The van der Waals surface area contributed by atoms with E-state index in [9.17, 15) is 4.39 Å². The van der Waals surface area contributed by atoms with Crippen LogP contribution in [0.2, 0.25) is 0 Å². The summed E-state index contributed by atoms with van der Waals surface area (Å²) >= 11 is 0. The summed E-state index contributed by atoms with van der Waals surface area (Å²) < 4.78 is 15.7. The highest BCUT2D eigenvalue weighted by molar-refractivity contribution is 5.87. The molecular formula is C15H12FN3. The Kier molecular flexibility index (Phi) is 2.18. The van der Waals surface area contributed by atoms with Crippen molar-refractivity contribution in [3.05, 3.63) is 48.5 Å². The van der Waals surface area contributed by atoms with E-state index in [4.69, 9.17) is 0 Å². The summed E-state index contributed by atoms with van der Waals surface area (Å²) in [5.74, 6) is -0.188. The van der Waals surface area contributed by atoms with Crippen molar-refractivity contribution >= 4 is 10.9 Å². The average Bonchev–Trinajstić information content (AvgIpc) is 3.21. The van der Waals surface area contributed by atoms with Gasteiger partial charge in [0.15, 0.2) is 0 Å². The van der Waals surface area contributed by atoms with Gasteiger partial charge in [-0.05, 0) is 43.2 Å². The highest BCUT2D eigenvalue weighted by atomic mass is 19.1. The van der Waals surface area contributed by atoms with Crippen LogP contribution in [0.1, 0.15) is 18.9 Å². The van der Waals surface area contributed by atoms with E-state index < -0.39 is 0 Å². The molecule has 0 amide bonds. The molecule has 4 heteroatoms. The molecule has 0 N–H and O–H groups in total. The van der Waals surface area contributed by atoms with Crippen LogP contribution in [0.3, 0.4) is 0 Å². The molecule has 0 aliphatic heterocycles. The van der Waals surface area contributed by atoms with Crippen LogP contribution in [-0.4, -0.2) is 14.8 Å². The molecule has 4 rings (SSSR count). The first-order valence-corrected chi connectivity index (χ1v) is 6.40. The van der Waals surface area contributed by atoms with Gasteiger partial charge in [0.05, 0.1) is 23.6 Å². The standard InChI is InChI=1S/C15H12FN3/c16-12-2-1-10-7-14(11-5-6-17-18-9-11)19(13-3-4-13)15(10)8-12/h1-2,5-9,13H,3-4H2. The lowest BCUT2D eigenvalue weighted by Gasteiger charge is -2.09. The number of hydrogen-bond donors (Lipinski definition) is 0. The maximum atomic E-state index is 13.5. The van der Waals surface area contributed by atoms with Crippen LogP contribution in [0.5, 0.6) is 0 Å². The summed E-state index contributed by atoms with van der Waals surface area (Å²) in [6.07, 6.45) is 5.76. The third-order valence-corrected chi connectivity index (χ3v) is 3.60. The van der Waals surface area contributed by atoms with Gasteiger partial charge in [0.1, 0.15) is 5.82 Å². The zero-order valence-electron chi connectivity index (χ0n) is 10.3. The summed E-state index contributed by atoms with van der Waals surface area (Å²) in [5.41, 5.74) is 3.09. The van der Waals surface area contributed by atoms with Gasteiger partial charge in [-0.25, -0.2) is 4.39 Å². The quantitative estimate of drug-likeness (QED) is 0.699. The molecule has 0 bridgehead atoms. The summed E-state index contributed by atoms with van der Waals surface area (Å²) in [4.78, 5) is 0. The van der Waals surface area contributed by atoms with Gasteiger partial charge in [0.25, 0.3) is 0 Å². The fraction of sp³-hybridized carbons (Fsp3) is 0.200. The molecule has 1 aliphatic carbocycles. The Hall–Kier alpha value is -2.23. The summed E-state index contributed by atoms with van der Waals surface area (Å²) in [6.45, 7) is 0. The van der Waals surface area contributed by atoms with Crippen molar-refractivity contribution in [2.24, 2.45) is 0 Å². The van der Waals surface area contributed by atoms with Crippen LogP contribution in [0.25, 0.3) is 22.2 Å². The lowest BCUT2D eigenvalue weighted by molar-refractivity contribution is 0.628. The first kappa shape index (κ1) is 10.7. The van der Waals surface area contributed by atoms with Gasteiger partial charge in [-0.2, -0.15) is 10.2 Å². The average molecular weight is 253 g/mol. The Morgan fingerprint density at radius 3 is 2.74 bits per heavy atom. The van der Waals surface area contributed by atoms with Gasteiger partial charge in [-0.1, -0.05) is 0 Å². The number of hydrogen-bond acceptors (Lipinski definition) is 2. The number of rotatable bonds is 2. The molecule has 1 saturated carbocycles. The lowest BCUT2D eigenvalue weighted by Crippen LogP contribution is -1.97. The SMILES string of the molecule is Fc1ccc2cc(-c3ccnnc3)n(C3CC3)c2c1. The molecular weight excluding hydrogens is 241 g/mol. The highest BCUT2D eigenvalue weighted by Crippen LogP contribution is 2.42. The van der Waals surface area contributed by atoms with E-state index in [1.54, 1.807) is 18.5 Å². The number of halogens is 1. The Morgan fingerprint density at radius 2 is 2.00 bits per heavy atom. The van der Waals surface area contributed by atoms with Gasteiger partial charge in [0.2, 0.25) is 0 Å². The van der Waals surface area contributed by atoms with Crippen molar-refractivity contribution in [2.75, 3.05) is 0 Å². The third-order valence-electron chi connectivity index (χ3n) is 3.60. The molecule has 0 radical (unpaired) electrons. The third kappa shape index (κ3) is 1.71. The Labute approximate surface area is 109 Å². The largest absolute Gasteiger partial charge is 0.337 e. The van der Waals surface area contributed by atoms with Gasteiger partial charge < -0.3 is 4.57 Å². The van der Waals surface area contributed by atoms with E-state index in [2.05, 4.69) is 20.8 Å². The van der Waals surface area contributed by atoms with Crippen molar-refractivity contribution in [3.8, 4) is 11.3 Å². The van der Waals surface area contributed by atoms with Crippen LogP contribution in [0, 0.1) is 5.82 Å². The first-order valence-electron chi connectivity index (χ1n) is 6.40. The predicted molar refractivity (Wildman–Crippen MR) is 71.2 cm³/mol. The van der Waals surface area contributed by atoms with Crippen LogP contribution < -0.4 is 0 Å². The monoisotopic (exact) mass is 253 g/mol. The zero-order valence-corrected chi connectivity index (χ0v) is 10.3.